The van der Waals surface area contributed by atoms with E-state index in [9.17, 15) is 20.0 Å². The molecule has 2 saturated heterocycles. The first-order valence-electron chi connectivity index (χ1n) is 18.1. The van der Waals surface area contributed by atoms with Gasteiger partial charge in [0.05, 0.1) is 5.92 Å². The number of hydrogen-bond donors (Lipinski definition) is 2. The van der Waals surface area contributed by atoms with E-state index in [1.54, 1.807) is 0 Å². The zero-order valence-electron chi connectivity index (χ0n) is 29.8. The molecule has 4 aromatic heterocycles. The van der Waals surface area contributed by atoms with E-state index in [-0.39, 0.29) is 28.1 Å². The van der Waals surface area contributed by atoms with Crippen LogP contribution in [0.5, 0.6) is 0 Å². The third kappa shape index (κ3) is 6.65. The first-order valence-corrected chi connectivity index (χ1v) is 18.1. The summed E-state index contributed by atoms with van der Waals surface area (Å²) in [5.74, 6) is -0.253. The Hall–Kier alpha value is -5.90. The number of likely N-dealkylation sites (tertiary alicyclic amines) is 2. The van der Waals surface area contributed by atoms with Gasteiger partial charge in [-0.1, -0.05) is 24.3 Å². The minimum atomic E-state index is -0.802. The van der Waals surface area contributed by atoms with E-state index in [2.05, 4.69) is 45.3 Å². The number of fused-ring (bicyclic) bond motifs is 2. The first-order chi connectivity index (χ1) is 25.8. The zero-order chi connectivity index (χ0) is 36.6. The van der Waals surface area contributed by atoms with Gasteiger partial charge in [0, 0.05) is 61.4 Å². The molecule has 0 aliphatic carbocycles. The van der Waals surface area contributed by atoms with Crippen molar-refractivity contribution in [2.45, 2.75) is 46.2 Å². The average molecular weight is 709 g/mol. The van der Waals surface area contributed by atoms with Crippen LogP contribution in [0.3, 0.4) is 0 Å². The normalized spacial score (nSPS) is 16.4. The molecule has 2 aromatic carbocycles. The van der Waals surface area contributed by atoms with Crippen LogP contribution in [0, 0.1) is 31.1 Å². The summed E-state index contributed by atoms with van der Waals surface area (Å²) in [5, 5.41) is 23.9. The SMILES string of the molecule is Cc1c(Nc2nccc3cc(CN4CCCC4)cnc23)cccc1-c1cccc(-c2nc3c(=O)n(CCN4CCC(C(=O)O)C4)cc(C#N)c3o2)c1C. The van der Waals surface area contributed by atoms with E-state index in [0.29, 0.717) is 44.0 Å². The number of nitrogens with zero attached hydrogens (tertiary/aromatic N) is 7. The Morgan fingerprint density at radius 3 is 2.53 bits per heavy atom. The molecule has 2 fully saturated rings. The van der Waals surface area contributed by atoms with Gasteiger partial charge in [-0.25, -0.2) is 9.97 Å². The summed E-state index contributed by atoms with van der Waals surface area (Å²) in [5.41, 5.74) is 7.67. The molecule has 0 spiro atoms. The lowest BCUT2D eigenvalue weighted by Gasteiger charge is -2.17. The van der Waals surface area contributed by atoms with Crippen molar-refractivity contribution < 1.29 is 14.3 Å². The number of aromatic nitrogens is 4. The van der Waals surface area contributed by atoms with Gasteiger partial charge in [0.25, 0.3) is 5.56 Å². The Morgan fingerprint density at radius 1 is 0.981 bits per heavy atom. The number of oxazole rings is 1. The van der Waals surface area contributed by atoms with Crippen LogP contribution >= 0.6 is 0 Å². The Bertz CT molecular complexity index is 2480. The highest BCUT2D eigenvalue weighted by molar-refractivity contribution is 5.91. The van der Waals surface area contributed by atoms with Gasteiger partial charge >= 0.3 is 5.97 Å². The number of carboxylic acids is 1. The Kier molecular flexibility index (Phi) is 9.20. The summed E-state index contributed by atoms with van der Waals surface area (Å²) >= 11 is 0. The Morgan fingerprint density at radius 2 is 1.75 bits per heavy atom. The third-order valence-corrected chi connectivity index (χ3v) is 10.7. The van der Waals surface area contributed by atoms with Gasteiger partial charge in [0.2, 0.25) is 5.89 Å². The van der Waals surface area contributed by atoms with Crippen molar-refractivity contribution in [2.24, 2.45) is 5.92 Å². The number of nitrogens with one attached hydrogen (secondary N) is 1. The van der Waals surface area contributed by atoms with Crippen molar-refractivity contribution in [1.29, 1.82) is 5.26 Å². The molecule has 53 heavy (non-hydrogen) atoms. The van der Waals surface area contributed by atoms with E-state index < -0.39 is 11.9 Å². The smallest absolute Gasteiger partial charge is 0.307 e. The largest absolute Gasteiger partial charge is 0.481 e. The minimum absolute atomic E-state index is 0.0930. The minimum Gasteiger partial charge on any atom is -0.481 e. The summed E-state index contributed by atoms with van der Waals surface area (Å²) in [7, 11) is 0. The number of rotatable bonds is 10. The van der Waals surface area contributed by atoms with E-state index in [4.69, 9.17) is 9.40 Å². The number of pyridine rings is 3. The second kappa shape index (κ2) is 14.3. The molecule has 12 heteroatoms. The van der Waals surface area contributed by atoms with E-state index >= 15 is 0 Å². The van der Waals surface area contributed by atoms with Crippen molar-refractivity contribution in [3.63, 3.8) is 0 Å². The van der Waals surface area contributed by atoms with Gasteiger partial charge in [-0.2, -0.15) is 5.26 Å². The van der Waals surface area contributed by atoms with E-state index in [0.717, 1.165) is 58.5 Å². The Balaban J connectivity index is 1.07. The molecule has 8 rings (SSSR count). The molecule has 6 aromatic rings. The number of carbonyl (C=O) groups is 1. The molecule has 6 heterocycles. The van der Waals surface area contributed by atoms with Crippen LogP contribution in [0.25, 0.3) is 44.6 Å². The van der Waals surface area contributed by atoms with E-state index in [1.807, 2.05) is 60.6 Å². The molecule has 0 saturated carbocycles. The number of aliphatic carboxylic acids is 1. The molecule has 2 aliphatic rings. The molecule has 0 amide bonds. The van der Waals surface area contributed by atoms with Crippen LogP contribution in [-0.2, 0) is 17.9 Å². The topological polar surface area (TPSA) is 153 Å². The highest BCUT2D eigenvalue weighted by Gasteiger charge is 2.28. The predicted molar refractivity (Wildman–Crippen MR) is 203 cm³/mol. The lowest BCUT2D eigenvalue weighted by molar-refractivity contribution is -0.141. The fraction of sp³-hybridized carbons (Fsp3) is 0.317. The zero-order valence-corrected chi connectivity index (χ0v) is 29.8. The number of hydrogen-bond acceptors (Lipinski definition) is 10. The van der Waals surface area contributed by atoms with Gasteiger partial charge in [0.1, 0.15) is 17.1 Å². The molecule has 2 aliphatic heterocycles. The highest BCUT2D eigenvalue weighted by Crippen LogP contribution is 2.37. The van der Waals surface area contributed by atoms with Crippen LogP contribution < -0.4 is 10.9 Å². The van der Waals surface area contributed by atoms with Crippen LogP contribution in [-0.4, -0.2) is 73.1 Å². The molecular weight excluding hydrogens is 669 g/mol. The quantitative estimate of drug-likeness (QED) is 0.160. The summed E-state index contributed by atoms with van der Waals surface area (Å²) < 4.78 is 7.64. The highest BCUT2D eigenvalue weighted by atomic mass is 16.4. The first kappa shape index (κ1) is 34.2. The molecule has 0 bridgehead atoms. The summed E-state index contributed by atoms with van der Waals surface area (Å²) in [4.78, 5) is 43.6. The van der Waals surface area contributed by atoms with Crippen molar-refractivity contribution in [2.75, 3.05) is 38.0 Å². The van der Waals surface area contributed by atoms with Gasteiger partial charge < -0.3 is 24.3 Å². The molecule has 268 valence electrons. The molecule has 2 N–H and O–H groups in total. The maximum atomic E-state index is 13.6. The fourth-order valence-corrected chi connectivity index (χ4v) is 7.74. The third-order valence-electron chi connectivity index (χ3n) is 10.7. The fourth-order valence-electron chi connectivity index (χ4n) is 7.74. The maximum absolute atomic E-state index is 13.6. The summed E-state index contributed by atoms with van der Waals surface area (Å²) in [6.45, 7) is 9.14. The van der Waals surface area contributed by atoms with E-state index in [1.165, 1.54) is 29.2 Å². The van der Waals surface area contributed by atoms with Gasteiger partial charge in [-0.15, -0.1) is 0 Å². The second-order valence-corrected chi connectivity index (χ2v) is 14.1. The number of nitriles is 1. The molecule has 1 atom stereocenters. The van der Waals surface area contributed by atoms with Crippen LogP contribution in [0.15, 0.2) is 76.3 Å². The van der Waals surface area contributed by atoms with Crippen molar-refractivity contribution >= 4 is 39.5 Å². The van der Waals surface area contributed by atoms with Gasteiger partial charge in [0.15, 0.2) is 16.9 Å². The van der Waals surface area contributed by atoms with Gasteiger partial charge in [-0.3, -0.25) is 19.5 Å². The van der Waals surface area contributed by atoms with Crippen LogP contribution in [0.1, 0.15) is 41.5 Å². The maximum Gasteiger partial charge on any atom is 0.307 e. The average Bonchev–Trinajstić information content (AvgIpc) is 3.95. The second-order valence-electron chi connectivity index (χ2n) is 14.1. The number of carboxylic acid groups (broad SMARTS) is 1. The van der Waals surface area contributed by atoms with Crippen LogP contribution in [0.4, 0.5) is 11.5 Å². The van der Waals surface area contributed by atoms with Crippen LogP contribution in [0.2, 0.25) is 0 Å². The predicted octanol–water partition coefficient (Wildman–Crippen LogP) is 6.50. The van der Waals surface area contributed by atoms with Gasteiger partial charge in [-0.05, 0) is 105 Å². The Labute approximate surface area is 306 Å². The molecule has 0 radical (unpaired) electrons. The standard InChI is InChI=1S/C41H40N8O4/c1-25-31(32-8-6-10-34(26(32)2)45-38-35-28(11-13-43-38)19-27(21-44-35)22-47-14-3-4-15-47)7-5-9-33(25)39-46-36-37(53-39)30(20-42)24-49(40(36)50)18-17-48-16-12-29(23-48)41(51)52/h5-11,13,19,21,24,29H,3-4,12,14-18,22-23H2,1-2H3,(H,43,45)(H,51,52). The summed E-state index contributed by atoms with van der Waals surface area (Å²) in [6.07, 6.45) is 8.36. The number of benzene rings is 2. The molecule has 1 unspecified atom stereocenters. The van der Waals surface area contributed by atoms with Crippen molar-refractivity contribution in [3.8, 4) is 28.7 Å². The lowest BCUT2D eigenvalue weighted by Crippen LogP contribution is -2.30. The number of anilines is 2. The monoisotopic (exact) mass is 708 g/mol. The molecular formula is C41H40N8O4. The molecule has 12 nitrogen and oxygen atoms in total. The lowest BCUT2D eigenvalue weighted by atomic mass is 9.93. The summed E-state index contributed by atoms with van der Waals surface area (Å²) in [6, 6.07) is 18.4. The van der Waals surface area contributed by atoms with Crippen molar-refractivity contribution in [3.05, 3.63) is 99.7 Å². The van der Waals surface area contributed by atoms with Crippen molar-refractivity contribution in [1.82, 2.24) is 29.3 Å².